The Morgan fingerprint density at radius 2 is 0.918 bits per heavy atom. The zero-order chi connectivity index (χ0) is 53.8. The van der Waals surface area contributed by atoms with Gasteiger partial charge in [0, 0.05) is 127 Å². The van der Waals surface area contributed by atoms with Crippen LogP contribution in [-0.2, 0) is 43.6 Å². The Kier molecular flexibility index (Phi) is 24.0. The van der Waals surface area contributed by atoms with Gasteiger partial charge in [-0.25, -0.2) is 14.4 Å². The number of hydrogen-bond acceptors (Lipinski definition) is 16. The molecule has 27 heteroatoms. The fraction of sp³-hybridized carbons (Fsp3) is 0.500. The molecule has 5 amide bonds. The molecule has 4 N–H and O–H groups in total. The van der Waals surface area contributed by atoms with Gasteiger partial charge in [-0.2, -0.15) is 23.5 Å². The van der Waals surface area contributed by atoms with Gasteiger partial charge in [0.25, 0.3) is 22.6 Å². The number of aromatic nitrogens is 6. The maximum atomic E-state index is 13.7. The summed E-state index contributed by atoms with van der Waals surface area (Å²) in [6, 6.07) is 0. The molecule has 1 aliphatic heterocycles. The molecule has 0 saturated carbocycles. The van der Waals surface area contributed by atoms with Crippen LogP contribution in [-0.4, -0.2) is 170 Å². The molecule has 0 spiro atoms. The minimum Gasteiger partial charge on any atom is -0.340 e. The summed E-state index contributed by atoms with van der Waals surface area (Å²) in [6.45, 7) is 17.3. The number of amides is 5. The van der Waals surface area contributed by atoms with Gasteiger partial charge in [0.1, 0.15) is 32.0 Å². The number of nitrogens with one attached hydrogen (secondary N) is 4. The lowest BCUT2D eigenvalue weighted by Gasteiger charge is -2.29. The molecule has 0 bridgehead atoms. The fourth-order valence-electron chi connectivity index (χ4n) is 6.97. The van der Waals surface area contributed by atoms with E-state index in [1.54, 1.807) is 39.6 Å². The Labute approximate surface area is 437 Å². The maximum absolute atomic E-state index is 13.7. The van der Waals surface area contributed by atoms with Crippen molar-refractivity contribution in [3.63, 3.8) is 0 Å². The molecule has 23 nitrogen and oxygen atoms in total. The SMILES string of the molecule is C=CN(CCSCCN(CCSSCCN(CCSCCN(CCC)C(=O)Cn1cc(C)c(=O)[nH]c1=O)C(=O)Cn1cc(C)c(=O)[nH]c1=O)C(=O)Cn1cc(C)c(=O)[nH]c1=O)C(=O)CN1C=C(C)C(=O)NC1=C. The van der Waals surface area contributed by atoms with Crippen LogP contribution in [0, 0.1) is 20.8 Å². The molecule has 0 atom stereocenters. The summed E-state index contributed by atoms with van der Waals surface area (Å²) in [7, 11) is 2.97. The van der Waals surface area contributed by atoms with E-state index < -0.39 is 33.7 Å². The number of aromatic amines is 3. The lowest BCUT2D eigenvalue weighted by Crippen LogP contribution is -2.43. The summed E-state index contributed by atoms with van der Waals surface area (Å²) in [4.78, 5) is 154. The van der Waals surface area contributed by atoms with Gasteiger partial charge in [0.15, 0.2) is 0 Å². The molecule has 0 saturated heterocycles. The first kappa shape index (κ1) is 59.4. The van der Waals surface area contributed by atoms with Gasteiger partial charge in [-0.3, -0.25) is 67.0 Å². The lowest BCUT2D eigenvalue weighted by atomic mass is 10.2. The first-order chi connectivity index (χ1) is 34.7. The average molecular weight is 1090 g/mol. The van der Waals surface area contributed by atoms with Gasteiger partial charge in [-0.05, 0) is 40.3 Å². The van der Waals surface area contributed by atoms with Crippen LogP contribution in [0.3, 0.4) is 0 Å². The zero-order valence-corrected chi connectivity index (χ0v) is 45.0. The molecule has 0 fully saturated rings. The molecule has 73 heavy (non-hydrogen) atoms. The third kappa shape index (κ3) is 18.7. The first-order valence-corrected chi connectivity index (χ1v) is 28.0. The van der Waals surface area contributed by atoms with E-state index in [4.69, 9.17) is 0 Å². The van der Waals surface area contributed by atoms with Crippen molar-refractivity contribution in [1.29, 1.82) is 0 Å². The second-order valence-corrected chi connectivity index (χ2v) is 21.9. The number of carbonyl (C=O) groups excluding carboxylic acids is 5. The summed E-state index contributed by atoms with van der Waals surface area (Å²) in [5.74, 6) is 1.78. The predicted molar refractivity (Wildman–Crippen MR) is 287 cm³/mol. The van der Waals surface area contributed by atoms with Crippen LogP contribution < -0.4 is 39.1 Å². The number of carbonyl (C=O) groups is 5. The van der Waals surface area contributed by atoms with Crippen LogP contribution in [0.15, 0.2) is 84.3 Å². The van der Waals surface area contributed by atoms with Crippen molar-refractivity contribution in [2.75, 3.05) is 86.9 Å². The molecule has 4 heterocycles. The molecule has 0 radical (unpaired) electrons. The smallest absolute Gasteiger partial charge is 0.328 e. The number of hydrogen-bond donors (Lipinski definition) is 4. The Morgan fingerprint density at radius 3 is 1.30 bits per heavy atom. The number of rotatable bonds is 30. The molecule has 4 rings (SSSR count). The van der Waals surface area contributed by atoms with Gasteiger partial charge < -0.3 is 29.8 Å². The summed E-state index contributed by atoms with van der Waals surface area (Å²) < 4.78 is 3.48. The zero-order valence-electron chi connectivity index (χ0n) is 41.7. The summed E-state index contributed by atoms with van der Waals surface area (Å²) in [5.41, 5.74) is -2.40. The van der Waals surface area contributed by atoms with Crippen molar-refractivity contribution >= 4 is 74.6 Å². The molecule has 398 valence electrons. The van der Waals surface area contributed by atoms with E-state index in [0.717, 1.165) is 9.13 Å². The van der Waals surface area contributed by atoms with Crippen molar-refractivity contribution in [2.45, 2.75) is 60.7 Å². The van der Waals surface area contributed by atoms with Crippen LogP contribution in [0.1, 0.15) is 37.0 Å². The number of aryl methyl sites for hydroxylation is 3. The second kappa shape index (κ2) is 29.5. The predicted octanol–water partition coefficient (Wildman–Crippen LogP) is 0.0848. The fourth-order valence-corrected chi connectivity index (χ4v) is 10.7. The first-order valence-electron chi connectivity index (χ1n) is 23.2. The molecule has 0 aromatic carbocycles. The Bertz CT molecular complexity index is 2890. The third-order valence-corrected chi connectivity index (χ3v) is 15.4. The van der Waals surface area contributed by atoms with E-state index in [2.05, 4.69) is 33.4 Å². The Balaban J connectivity index is 1.33. The van der Waals surface area contributed by atoms with E-state index in [9.17, 15) is 52.7 Å². The monoisotopic (exact) mass is 1090 g/mol. The number of thioether (sulfide) groups is 2. The summed E-state index contributed by atoms with van der Waals surface area (Å²) >= 11 is 3.04. The molecule has 0 unspecified atom stereocenters. The van der Waals surface area contributed by atoms with Crippen molar-refractivity contribution in [3.8, 4) is 0 Å². The molecule has 0 aliphatic carbocycles. The van der Waals surface area contributed by atoms with Gasteiger partial charge in [-0.15, -0.1) is 0 Å². The van der Waals surface area contributed by atoms with Crippen LogP contribution in [0.25, 0.3) is 0 Å². The van der Waals surface area contributed by atoms with Crippen molar-refractivity contribution in [3.05, 3.63) is 135 Å². The van der Waals surface area contributed by atoms with Crippen LogP contribution >= 0.6 is 45.1 Å². The van der Waals surface area contributed by atoms with E-state index in [0.29, 0.717) is 97.9 Å². The van der Waals surface area contributed by atoms with E-state index in [-0.39, 0.29) is 72.7 Å². The van der Waals surface area contributed by atoms with Crippen molar-refractivity contribution in [2.24, 2.45) is 0 Å². The largest absolute Gasteiger partial charge is 0.340 e. The lowest BCUT2D eigenvalue weighted by molar-refractivity contribution is -0.132. The van der Waals surface area contributed by atoms with E-state index in [1.165, 1.54) is 93.2 Å². The molecule has 3 aromatic heterocycles. The van der Waals surface area contributed by atoms with Gasteiger partial charge in [0.05, 0.1) is 0 Å². The van der Waals surface area contributed by atoms with Gasteiger partial charge in [-0.1, -0.05) is 41.7 Å². The maximum Gasteiger partial charge on any atom is 0.328 e. The second-order valence-electron chi connectivity index (χ2n) is 16.7. The number of nitrogens with zero attached hydrogens (tertiary/aromatic N) is 8. The van der Waals surface area contributed by atoms with E-state index in [1.807, 2.05) is 6.92 Å². The standard InChI is InChI=1S/C46H64N12O11S4/c1-8-10-52(37(60)28-56-24-32(4)41(64)48-44(56)67)12-18-71-20-14-54(39(62)30-58-26-34(6)43(66)50-46(58)69)16-22-73-72-21-15-53(38(61)29-57-25-33(5)42(65)49-45(57)68)13-19-70-17-11-51(9-2)36(59)27-55-23-31(3)40(63)47-35(55)7/h9,23-26H,2,7-8,10-22,27-30H2,1,3-6H3,(H,47,63)(H,48,64,67)(H,49,65,68)(H,50,66,69). The van der Waals surface area contributed by atoms with Gasteiger partial charge >= 0.3 is 17.1 Å². The van der Waals surface area contributed by atoms with Gasteiger partial charge in [0.2, 0.25) is 23.6 Å². The quantitative estimate of drug-likeness (QED) is 0.0509. The average Bonchev–Trinajstić information content (AvgIpc) is 3.33. The molecule has 1 aliphatic rings. The summed E-state index contributed by atoms with van der Waals surface area (Å²) in [5, 5.41) is 2.62. The summed E-state index contributed by atoms with van der Waals surface area (Å²) in [6.07, 6.45) is 7.72. The normalized spacial score (nSPS) is 12.3. The highest BCUT2D eigenvalue weighted by Crippen LogP contribution is 2.22. The number of H-pyrrole nitrogens is 3. The highest BCUT2D eigenvalue weighted by molar-refractivity contribution is 8.76. The molecular weight excluding hydrogens is 1020 g/mol. The third-order valence-electron chi connectivity index (χ3n) is 11.2. The van der Waals surface area contributed by atoms with Crippen LogP contribution in [0.4, 0.5) is 0 Å². The Morgan fingerprint density at radius 1 is 0.548 bits per heavy atom. The van der Waals surface area contributed by atoms with Crippen LogP contribution in [0.2, 0.25) is 0 Å². The highest BCUT2D eigenvalue weighted by Gasteiger charge is 2.23. The highest BCUT2D eigenvalue weighted by atomic mass is 33.1. The topological polar surface area (TPSA) is 278 Å². The Hall–Kier alpha value is -6.19. The minimum absolute atomic E-state index is 0.0579. The molecule has 3 aromatic rings. The van der Waals surface area contributed by atoms with Crippen LogP contribution in [0.5, 0.6) is 0 Å². The van der Waals surface area contributed by atoms with Crippen molar-refractivity contribution in [1.82, 2.24) is 58.5 Å². The minimum atomic E-state index is -0.712. The van der Waals surface area contributed by atoms with Crippen molar-refractivity contribution < 1.29 is 24.0 Å². The molecular formula is C46H64N12O11S4. The van der Waals surface area contributed by atoms with E-state index >= 15 is 0 Å².